The van der Waals surface area contributed by atoms with E-state index < -0.39 is 0 Å². The van der Waals surface area contributed by atoms with Crippen LogP contribution in [0.5, 0.6) is 5.75 Å². The Morgan fingerprint density at radius 2 is 2.16 bits per heavy atom. The van der Waals surface area contributed by atoms with Crippen LogP contribution in [-0.2, 0) is 11.3 Å². The first-order valence-corrected chi connectivity index (χ1v) is 8.44. The molecule has 1 amide bonds. The fraction of sp³-hybridized carbons (Fsp3) is 0.250. The van der Waals surface area contributed by atoms with E-state index in [4.69, 9.17) is 9.15 Å². The minimum absolute atomic E-state index is 0.136. The second kappa shape index (κ2) is 7.84. The average Bonchev–Trinajstić information content (AvgIpc) is 3.28. The number of furan rings is 1. The van der Waals surface area contributed by atoms with Gasteiger partial charge in [0, 0.05) is 5.69 Å². The number of aromatic nitrogens is 4. The third-order valence-corrected chi connectivity index (χ3v) is 4.46. The zero-order valence-electron chi connectivity index (χ0n) is 13.7. The number of hydrogen-bond donors (Lipinski definition) is 1. The third kappa shape index (κ3) is 4.38. The molecule has 0 saturated carbocycles. The maximum absolute atomic E-state index is 12.4. The first kappa shape index (κ1) is 17.0. The molecule has 0 aliphatic rings. The fourth-order valence-corrected chi connectivity index (χ4v) is 2.85. The molecule has 0 saturated heterocycles. The van der Waals surface area contributed by atoms with Crippen LogP contribution in [0.2, 0.25) is 0 Å². The molecule has 0 aliphatic carbocycles. The zero-order valence-corrected chi connectivity index (χ0v) is 14.6. The van der Waals surface area contributed by atoms with Crippen LogP contribution in [0, 0.1) is 0 Å². The summed E-state index contributed by atoms with van der Waals surface area (Å²) in [6.07, 6.45) is 1.59. The van der Waals surface area contributed by atoms with Crippen molar-refractivity contribution in [1.82, 2.24) is 20.2 Å². The molecule has 1 aromatic carbocycles. The largest absolute Gasteiger partial charge is 0.497 e. The van der Waals surface area contributed by atoms with E-state index in [1.165, 1.54) is 11.8 Å². The summed E-state index contributed by atoms with van der Waals surface area (Å²) >= 11 is 1.28. The van der Waals surface area contributed by atoms with Crippen molar-refractivity contribution in [3.05, 3.63) is 48.4 Å². The molecule has 0 aliphatic heterocycles. The molecule has 0 spiro atoms. The molecule has 8 nitrogen and oxygen atoms in total. The van der Waals surface area contributed by atoms with Gasteiger partial charge < -0.3 is 14.5 Å². The fourth-order valence-electron chi connectivity index (χ4n) is 2.06. The summed E-state index contributed by atoms with van der Waals surface area (Å²) in [6.45, 7) is 2.21. The van der Waals surface area contributed by atoms with Crippen molar-refractivity contribution in [2.45, 2.75) is 23.9 Å². The maximum atomic E-state index is 12.4. The molecule has 130 valence electrons. The van der Waals surface area contributed by atoms with Gasteiger partial charge in [-0.25, -0.2) is 4.68 Å². The molecule has 2 heterocycles. The third-order valence-electron chi connectivity index (χ3n) is 3.39. The van der Waals surface area contributed by atoms with Gasteiger partial charge in [-0.3, -0.25) is 4.79 Å². The number of nitrogens with one attached hydrogen (secondary N) is 1. The Morgan fingerprint density at radius 1 is 1.36 bits per heavy atom. The van der Waals surface area contributed by atoms with E-state index in [-0.39, 0.29) is 11.2 Å². The maximum Gasteiger partial charge on any atom is 0.237 e. The average molecular weight is 359 g/mol. The van der Waals surface area contributed by atoms with E-state index in [0.29, 0.717) is 17.4 Å². The molecule has 2 aromatic heterocycles. The normalized spacial score (nSPS) is 11.9. The van der Waals surface area contributed by atoms with Gasteiger partial charge >= 0.3 is 0 Å². The molecule has 3 aromatic rings. The number of amides is 1. The number of carbonyl (C=O) groups is 1. The number of methoxy groups -OCH3 is 1. The summed E-state index contributed by atoms with van der Waals surface area (Å²) in [5.74, 6) is 1.34. The zero-order chi connectivity index (χ0) is 17.6. The van der Waals surface area contributed by atoms with Crippen LogP contribution in [-0.4, -0.2) is 38.5 Å². The van der Waals surface area contributed by atoms with E-state index in [1.807, 2.05) is 6.07 Å². The van der Waals surface area contributed by atoms with Gasteiger partial charge in [0.2, 0.25) is 11.1 Å². The highest BCUT2D eigenvalue weighted by Gasteiger charge is 2.19. The van der Waals surface area contributed by atoms with Crippen LogP contribution < -0.4 is 10.1 Å². The molecule has 1 atom stereocenters. The Hall–Kier alpha value is -2.81. The van der Waals surface area contributed by atoms with E-state index in [1.54, 1.807) is 55.3 Å². The number of nitrogens with zero attached hydrogens (tertiary/aromatic N) is 4. The number of rotatable bonds is 7. The van der Waals surface area contributed by atoms with Crippen LogP contribution in [0.15, 0.2) is 52.2 Å². The van der Waals surface area contributed by atoms with Crippen LogP contribution in [0.1, 0.15) is 12.7 Å². The van der Waals surface area contributed by atoms with Crippen LogP contribution in [0.3, 0.4) is 0 Å². The second-order valence-corrected chi connectivity index (χ2v) is 6.48. The molecule has 0 bridgehead atoms. The van der Waals surface area contributed by atoms with Crippen molar-refractivity contribution in [1.29, 1.82) is 0 Å². The first-order chi connectivity index (χ1) is 12.2. The van der Waals surface area contributed by atoms with Gasteiger partial charge in [0.1, 0.15) is 18.1 Å². The lowest BCUT2D eigenvalue weighted by atomic mass is 10.3. The second-order valence-electron chi connectivity index (χ2n) is 5.18. The highest BCUT2D eigenvalue weighted by atomic mass is 32.2. The van der Waals surface area contributed by atoms with Crippen molar-refractivity contribution in [3.8, 4) is 5.75 Å². The molecule has 25 heavy (non-hydrogen) atoms. The Kier molecular flexibility index (Phi) is 5.34. The monoisotopic (exact) mass is 359 g/mol. The predicted molar refractivity (Wildman–Crippen MR) is 92.6 cm³/mol. The summed E-state index contributed by atoms with van der Waals surface area (Å²) < 4.78 is 12.0. The summed E-state index contributed by atoms with van der Waals surface area (Å²) in [6, 6.07) is 10.8. The first-order valence-electron chi connectivity index (χ1n) is 7.56. The SMILES string of the molecule is COc1ccc(NC(=O)C(C)Sc2nnnn2Cc2ccco2)cc1. The van der Waals surface area contributed by atoms with Crippen molar-refractivity contribution in [3.63, 3.8) is 0 Å². The standard InChI is InChI=1S/C16H17N5O3S/c1-11(15(22)17-12-5-7-13(23-2)8-6-12)25-16-18-19-20-21(16)10-14-4-3-9-24-14/h3-9,11H,10H2,1-2H3,(H,17,22). The Balaban J connectivity index is 1.60. The van der Waals surface area contributed by atoms with Crippen molar-refractivity contribution >= 4 is 23.4 Å². The Labute approximate surface area is 148 Å². The van der Waals surface area contributed by atoms with Crippen molar-refractivity contribution in [2.75, 3.05) is 12.4 Å². The van der Waals surface area contributed by atoms with E-state index >= 15 is 0 Å². The highest BCUT2D eigenvalue weighted by molar-refractivity contribution is 8.00. The van der Waals surface area contributed by atoms with Crippen LogP contribution in [0.25, 0.3) is 0 Å². The summed E-state index contributed by atoms with van der Waals surface area (Å²) in [7, 11) is 1.60. The molecular formula is C16H17N5O3S. The molecular weight excluding hydrogens is 342 g/mol. The number of ether oxygens (including phenoxy) is 1. The van der Waals surface area contributed by atoms with Gasteiger partial charge in [-0.2, -0.15) is 0 Å². The molecule has 0 fully saturated rings. The number of hydrogen-bond acceptors (Lipinski definition) is 7. The number of tetrazole rings is 1. The molecule has 0 radical (unpaired) electrons. The summed E-state index contributed by atoms with van der Waals surface area (Å²) in [4.78, 5) is 12.4. The van der Waals surface area contributed by atoms with Gasteiger partial charge in [-0.1, -0.05) is 11.8 Å². The van der Waals surface area contributed by atoms with Crippen LogP contribution >= 0.6 is 11.8 Å². The summed E-state index contributed by atoms with van der Waals surface area (Å²) in [5, 5.41) is 14.6. The van der Waals surface area contributed by atoms with E-state index in [9.17, 15) is 4.79 Å². The predicted octanol–water partition coefficient (Wildman–Crippen LogP) is 2.44. The van der Waals surface area contributed by atoms with E-state index in [0.717, 1.165) is 11.5 Å². The van der Waals surface area contributed by atoms with Gasteiger partial charge in [0.25, 0.3) is 0 Å². The smallest absolute Gasteiger partial charge is 0.237 e. The minimum atomic E-state index is -0.372. The van der Waals surface area contributed by atoms with Crippen molar-refractivity contribution < 1.29 is 13.9 Å². The topological polar surface area (TPSA) is 95.1 Å². The molecule has 1 unspecified atom stereocenters. The number of carbonyl (C=O) groups excluding carboxylic acids is 1. The Morgan fingerprint density at radius 3 is 2.84 bits per heavy atom. The van der Waals surface area contributed by atoms with Gasteiger partial charge in [-0.15, -0.1) is 5.10 Å². The number of benzene rings is 1. The van der Waals surface area contributed by atoms with Gasteiger partial charge in [0.05, 0.1) is 18.6 Å². The summed E-state index contributed by atoms with van der Waals surface area (Å²) in [5.41, 5.74) is 0.702. The lowest BCUT2D eigenvalue weighted by Gasteiger charge is -2.11. The van der Waals surface area contributed by atoms with E-state index in [2.05, 4.69) is 20.8 Å². The minimum Gasteiger partial charge on any atom is -0.497 e. The molecule has 3 rings (SSSR count). The molecule has 9 heteroatoms. The van der Waals surface area contributed by atoms with Gasteiger partial charge in [0.15, 0.2) is 0 Å². The highest BCUT2D eigenvalue weighted by Crippen LogP contribution is 2.23. The molecule has 1 N–H and O–H groups in total. The number of anilines is 1. The number of thioether (sulfide) groups is 1. The van der Waals surface area contributed by atoms with Crippen molar-refractivity contribution in [2.24, 2.45) is 0 Å². The quantitative estimate of drug-likeness (QED) is 0.647. The lowest BCUT2D eigenvalue weighted by Crippen LogP contribution is -2.23. The van der Waals surface area contributed by atoms with Crippen LogP contribution in [0.4, 0.5) is 5.69 Å². The lowest BCUT2D eigenvalue weighted by molar-refractivity contribution is -0.115. The van der Waals surface area contributed by atoms with Gasteiger partial charge in [-0.05, 0) is 53.7 Å². The Bertz CT molecular complexity index is 817.